The standard InChI is InChI=1S/C20H18N4O3S/c1-24-18(9-13-5-3-2-4-6-13)22-23-20(24)28-12-16(25)14-7-8-17-15(10-14)21-19(26)11-27-17/h2-8,10H,9,11-12H2,1H3,(H,21,26). The van der Waals surface area contributed by atoms with Crippen LogP contribution in [0.2, 0.25) is 0 Å². The lowest BCUT2D eigenvalue weighted by Crippen LogP contribution is -2.25. The fourth-order valence-corrected chi connectivity index (χ4v) is 3.70. The van der Waals surface area contributed by atoms with Crippen molar-refractivity contribution in [2.45, 2.75) is 11.6 Å². The van der Waals surface area contributed by atoms with Gasteiger partial charge in [-0.15, -0.1) is 10.2 Å². The molecule has 0 bridgehead atoms. The maximum Gasteiger partial charge on any atom is 0.262 e. The Balaban J connectivity index is 1.41. The molecule has 0 aliphatic carbocycles. The number of hydrogen-bond donors (Lipinski definition) is 1. The number of aromatic nitrogens is 3. The summed E-state index contributed by atoms with van der Waals surface area (Å²) in [4.78, 5) is 24.0. The van der Waals surface area contributed by atoms with Crippen LogP contribution in [0.3, 0.4) is 0 Å². The van der Waals surface area contributed by atoms with Gasteiger partial charge in [0.2, 0.25) is 0 Å². The van der Waals surface area contributed by atoms with Gasteiger partial charge in [-0.2, -0.15) is 0 Å². The third kappa shape index (κ3) is 3.91. The molecule has 28 heavy (non-hydrogen) atoms. The third-order valence-electron chi connectivity index (χ3n) is 4.40. The monoisotopic (exact) mass is 394 g/mol. The number of carbonyl (C=O) groups excluding carboxylic acids is 2. The van der Waals surface area contributed by atoms with E-state index < -0.39 is 0 Å². The summed E-state index contributed by atoms with van der Waals surface area (Å²) in [5.74, 6) is 1.36. The number of Topliss-reactive ketones (excluding diaryl/α,β-unsaturated/α-hetero) is 1. The zero-order valence-electron chi connectivity index (χ0n) is 15.2. The number of anilines is 1. The first-order chi connectivity index (χ1) is 13.6. The average molecular weight is 394 g/mol. The van der Waals surface area contributed by atoms with Crippen molar-refractivity contribution in [2.75, 3.05) is 17.7 Å². The first-order valence-corrected chi connectivity index (χ1v) is 9.73. The van der Waals surface area contributed by atoms with E-state index in [9.17, 15) is 9.59 Å². The number of nitrogens with one attached hydrogen (secondary N) is 1. The Morgan fingerprint density at radius 1 is 1.21 bits per heavy atom. The molecule has 0 fully saturated rings. The highest BCUT2D eigenvalue weighted by Gasteiger charge is 2.18. The first-order valence-electron chi connectivity index (χ1n) is 8.75. The summed E-state index contributed by atoms with van der Waals surface area (Å²) in [6.07, 6.45) is 0.684. The summed E-state index contributed by atoms with van der Waals surface area (Å²) in [6.45, 7) is -0.00633. The molecule has 0 saturated carbocycles. The largest absolute Gasteiger partial charge is 0.482 e. The van der Waals surface area contributed by atoms with Gasteiger partial charge >= 0.3 is 0 Å². The van der Waals surface area contributed by atoms with E-state index in [1.807, 2.05) is 41.9 Å². The molecular weight excluding hydrogens is 376 g/mol. The molecule has 3 aromatic rings. The Morgan fingerprint density at radius 3 is 2.86 bits per heavy atom. The summed E-state index contributed by atoms with van der Waals surface area (Å²) < 4.78 is 7.23. The van der Waals surface area contributed by atoms with E-state index in [0.717, 1.165) is 11.4 Å². The molecule has 1 aromatic heterocycles. The maximum atomic E-state index is 12.6. The lowest BCUT2D eigenvalue weighted by molar-refractivity contribution is -0.118. The fourth-order valence-electron chi connectivity index (χ4n) is 2.87. The Labute approximate surface area is 166 Å². The number of fused-ring (bicyclic) bond motifs is 1. The van der Waals surface area contributed by atoms with Crippen molar-refractivity contribution in [1.82, 2.24) is 14.8 Å². The number of benzene rings is 2. The van der Waals surface area contributed by atoms with Gasteiger partial charge in [-0.1, -0.05) is 42.1 Å². The molecule has 2 aromatic carbocycles. The predicted octanol–water partition coefficient (Wildman–Crippen LogP) is 2.71. The van der Waals surface area contributed by atoms with Crippen LogP contribution < -0.4 is 10.1 Å². The number of thioether (sulfide) groups is 1. The van der Waals surface area contributed by atoms with E-state index in [1.165, 1.54) is 11.8 Å². The molecule has 1 N–H and O–H groups in total. The smallest absolute Gasteiger partial charge is 0.262 e. The highest BCUT2D eigenvalue weighted by Crippen LogP contribution is 2.29. The number of carbonyl (C=O) groups is 2. The highest BCUT2D eigenvalue weighted by atomic mass is 32.2. The van der Waals surface area contributed by atoms with Gasteiger partial charge in [-0.05, 0) is 23.8 Å². The van der Waals surface area contributed by atoms with Crippen molar-refractivity contribution >= 4 is 29.1 Å². The second-order valence-corrected chi connectivity index (χ2v) is 7.32. The van der Waals surface area contributed by atoms with Gasteiger partial charge < -0.3 is 14.6 Å². The molecule has 2 heterocycles. The number of rotatable bonds is 6. The number of nitrogens with zero attached hydrogens (tertiary/aromatic N) is 3. The topological polar surface area (TPSA) is 86.1 Å². The molecule has 1 amide bonds. The molecule has 7 nitrogen and oxygen atoms in total. The Kier molecular flexibility index (Phi) is 5.12. The van der Waals surface area contributed by atoms with Crippen molar-refractivity contribution < 1.29 is 14.3 Å². The summed E-state index contributed by atoms with van der Waals surface area (Å²) >= 11 is 1.34. The van der Waals surface area contributed by atoms with E-state index in [4.69, 9.17) is 4.74 Å². The number of amides is 1. The minimum atomic E-state index is -0.225. The van der Waals surface area contributed by atoms with Gasteiger partial charge in [0.15, 0.2) is 17.5 Å². The van der Waals surface area contributed by atoms with Gasteiger partial charge in [-0.25, -0.2) is 0 Å². The zero-order valence-corrected chi connectivity index (χ0v) is 16.0. The van der Waals surface area contributed by atoms with Crippen LogP contribution >= 0.6 is 11.8 Å². The van der Waals surface area contributed by atoms with E-state index in [1.54, 1.807) is 18.2 Å². The summed E-state index contributed by atoms with van der Waals surface area (Å²) in [5, 5.41) is 11.9. The molecule has 0 radical (unpaired) electrons. The maximum absolute atomic E-state index is 12.6. The molecule has 8 heteroatoms. The van der Waals surface area contributed by atoms with Gasteiger partial charge in [0.1, 0.15) is 11.6 Å². The SMILES string of the molecule is Cn1c(Cc2ccccc2)nnc1SCC(=O)c1ccc2c(c1)NC(=O)CO2. The van der Waals surface area contributed by atoms with E-state index in [2.05, 4.69) is 15.5 Å². The molecular formula is C20H18N4O3S. The Bertz CT molecular complexity index is 1030. The molecule has 1 aliphatic rings. The van der Waals surface area contributed by atoms with Crippen molar-refractivity contribution in [2.24, 2.45) is 7.05 Å². The second kappa shape index (κ2) is 7.85. The van der Waals surface area contributed by atoms with E-state index in [-0.39, 0.29) is 24.1 Å². The average Bonchev–Trinajstić information content (AvgIpc) is 3.05. The van der Waals surface area contributed by atoms with Crippen LogP contribution in [0.5, 0.6) is 5.75 Å². The van der Waals surface area contributed by atoms with Gasteiger partial charge in [0.25, 0.3) is 5.91 Å². The number of ketones is 1. The molecule has 0 atom stereocenters. The lowest BCUT2D eigenvalue weighted by Gasteiger charge is -2.18. The molecule has 4 rings (SSSR count). The minimum Gasteiger partial charge on any atom is -0.482 e. The molecule has 0 saturated heterocycles. The third-order valence-corrected chi connectivity index (χ3v) is 5.42. The molecule has 142 valence electrons. The zero-order chi connectivity index (χ0) is 19.5. The van der Waals surface area contributed by atoms with Crippen LogP contribution in [-0.4, -0.2) is 38.8 Å². The van der Waals surface area contributed by atoms with Gasteiger partial charge in [0.05, 0.1) is 11.4 Å². The summed E-state index contributed by atoms with van der Waals surface area (Å²) in [5.41, 5.74) is 2.20. The summed E-state index contributed by atoms with van der Waals surface area (Å²) in [6, 6.07) is 15.1. The molecule has 0 spiro atoms. The predicted molar refractivity (Wildman–Crippen MR) is 106 cm³/mol. The van der Waals surface area contributed by atoms with Gasteiger partial charge in [-0.3, -0.25) is 9.59 Å². The van der Waals surface area contributed by atoms with Crippen molar-refractivity contribution in [3.05, 3.63) is 65.5 Å². The van der Waals surface area contributed by atoms with Crippen molar-refractivity contribution in [3.8, 4) is 5.75 Å². The van der Waals surface area contributed by atoms with Crippen LogP contribution in [-0.2, 0) is 18.3 Å². The number of ether oxygens (including phenoxy) is 1. The summed E-state index contributed by atoms with van der Waals surface area (Å²) in [7, 11) is 1.90. The Hall–Kier alpha value is -3.13. The van der Waals surface area contributed by atoms with Crippen molar-refractivity contribution in [3.63, 3.8) is 0 Å². The van der Waals surface area contributed by atoms with Crippen LogP contribution in [0.1, 0.15) is 21.7 Å². The Morgan fingerprint density at radius 2 is 2.04 bits per heavy atom. The fraction of sp³-hybridized carbons (Fsp3) is 0.200. The lowest BCUT2D eigenvalue weighted by atomic mass is 10.1. The van der Waals surface area contributed by atoms with Crippen LogP contribution in [0.25, 0.3) is 0 Å². The highest BCUT2D eigenvalue weighted by molar-refractivity contribution is 7.99. The first kappa shape index (κ1) is 18.2. The van der Waals surface area contributed by atoms with Gasteiger partial charge in [0, 0.05) is 19.0 Å². The normalized spacial score (nSPS) is 12.8. The second-order valence-electron chi connectivity index (χ2n) is 6.38. The molecule has 1 aliphatic heterocycles. The minimum absolute atomic E-state index is 0.00633. The van der Waals surface area contributed by atoms with Crippen LogP contribution in [0.4, 0.5) is 5.69 Å². The van der Waals surface area contributed by atoms with E-state index >= 15 is 0 Å². The quantitative estimate of drug-likeness (QED) is 0.511. The number of hydrogen-bond acceptors (Lipinski definition) is 6. The van der Waals surface area contributed by atoms with Crippen LogP contribution in [0.15, 0.2) is 53.7 Å². The van der Waals surface area contributed by atoms with Crippen molar-refractivity contribution in [1.29, 1.82) is 0 Å². The van der Waals surface area contributed by atoms with E-state index in [0.29, 0.717) is 28.6 Å². The molecule has 0 unspecified atom stereocenters. The van der Waals surface area contributed by atoms with Crippen LogP contribution in [0, 0.1) is 0 Å².